The van der Waals surface area contributed by atoms with Gasteiger partial charge in [0.1, 0.15) is 5.69 Å². The molecule has 0 saturated carbocycles. The average molecular weight is 288 g/mol. The molecule has 1 aliphatic rings. The van der Waals surface area contributed by atoms with E-state index in [-0.39, 0.29) is 5.84 Å². The molecule has 3 rings (SSSR count). The highest BCUT2D eigenvalue weighted by atomic mass is 32.1. The highest BCUT2D eigenvalue weighted by Crippen LogP contribution is 2.35. The Labute approximate surface area is 121 Å². The van der Waals surface area contributed by atoms with Crippen LogP contribution in [0.1, 0.15) is 29.1 Å². The zero-order chi connectivity index (χ0) is 14.1. The predicted octanol–water partition coefficient (Wildman–Crippen LogP) is 2.36. The summed E-state index contributed by atoms with van der Waals surface area (Å²) in [6.07, 6.45) is 2.75. The van der Waals surface area contributed by atoms with Crippen molar-refractivity contribution in [2.24, 2.45) is 10.9 Å². The summed E-state index contributed by atoms with van der Waals surface area (Å²) >= 11 is 1.83. The van der Waals surface area contributed by atoms with Crippen molar-refractivity contribution in [1.29, 1.82) is 0 Å². The fraction of sp³-hybridized carbons (Fsp3) is 0.286. The highest BCUT2D eigenvalue weighted by Gasteiger charge is 2.25. The zero-order valence-electron chi connectivity index (χ0n) is 11.2. The Kier molecular flexibility index (Phi) is 3.31. The minimum Gasteiger partial charge on any atom is -0.409 e. The van der Waals surface area contributed by atoms with Gasteiger partial charge in [0.15, 0.2) is 5.84 Å². The van der Waals surface area contributed by atoms with Crippen molar-refractivity contribution in [2.75, 3.05) is 11.4 Å². The van der Waals surface area contributed by atoms with Crippen molar-refractivity contribution in [3.05, 3.63) is 45.9 Å². The van der Waals surface area contributed by atoms with E-state index in [1.54, 1.807) is 6.20 Å². The SMILES string of the molecule is CC1c2ccsc2CCN1c1ccnc(C(N)=NO)c1. The van der Waals surface area contributed by atoms with Crippen molar-refractivity contribution in [3.8, 4) is 0 Å². The molecule has 2 aromatic heterocycles. The van der Waals surface area contributed by atoms with Crippen LogP contribution in [-0.4, -0.2) is 22.6 Å². The number of nitrogens with zero attached hydrogens (tertiary/aromatic N) is 3. The summed E-state index contributed by atoms with van der Waals surface area (Å²) in [6, 6.07) is 6.35. The van der Waals surface area contributed by atoms with E-state index < -0.39 is 0 Å². The van der Waals surface area contributed by atoms with Crippen molar-refractivity contribution >= 4 is 22.9 Å². The van der Waals surface area contributed by atoms with Crippen LogP contribution in [0.2, 0.25) is 0 Å². The molecule has 0 saturated heterocycles. The van der Waals surface area contributed by atoms with Crippen molar-refractivity contribution in [2.45, 2.75) is 19.4 Å². The lowest BCUT2D eigenvalue weighted by molar-refractivity contribution is 0.318. The Morgan fingerprint density at radius 3 is 3.20 bits per heavy atom. The van der Waals surface area contributed by atoms with E-state index in [1.165, 1.54) is 10.4 Å². The Morgan fingerprint density at radius 1 is 1.55 bits per heavy atom. The first-order chi connectivity index (χ1) is 9.70. The molecule has 0 spiro atoms. The Hall–Kier alpha value is -2.08. The van der Waals surface area contributed by atoms with E-state index in [2.05, 4.69) is 33.4 Å². The quantitative estimate of drug-likeness (QED) is 0.385. The first kappa shape index (κ1) is 12.9. The van der Waals surface area contributed by atoms with Gasteiger partial charge in [-0.3, -0.25) is 4.98 Å². The topological polar surface area (TPSA) is 74.7 Å². The zero-order valence-corrected chi connectivity index (χ0v) is 12.0. The van der Waals surface area contributed by atoms with Crippen LogP contribution in [0.3, 0.4) is 0 Å². The molecule has 1 atom stereocenters. The van der Waals surface area contributed by atoms with Crippen molar-refractivity contribution in [3.63, 3.8) is 0 Å². The maximum atomic E-state index is 8.75. The van der Waals surface area contributed by atoms with E-state index in [4.69, 9.17) is 10.9 Å². The molecule has 20 heavy (non-hydrogen) atoms. The Balaban J connectivity index is 1.94. The van der Waals surface area contributed by atoms with E-state index in [0.717, 1.165) is 18.7 Å². The molecule has 0 amide bonds. The van der Waals surface area contributed by atoms with Crippen molar-refractivity contribution in [1.82, 2.24) is 4.98 Å². The Bertz CT molecular complexity index is 652. The number of hydrogen-bond acceptors (Lipinski definition) is 5. The first-order valence-electron chi connectivity index (χ1n) is 6.47. The molecular weight excluding hydrogens is 272 g/mol. The molecule has 2 aromatic rings. The number of thiophene rings is 1. The molecule has 0 aliphatic carbocycles. The minimum atomic E-state index is 0.0349. The monoisotopic (exact) mass is 288 g/mol. The number of amidine groups is 1. The lowest BCUT2D eigenvalue weighted by atomic mass is 10.0. The molecule has 6 heteroatoms. The lowest BCUT2D eigenvalue weighted by Gasteiger charge is -2.35. The third-order valence-corrected chi connectivity index (χ3v) is 4.72. The van der Waals surface area contributed by atoms with Crippen LogP contribution < -0.4 is 10.6 Å². The average Bonchev–Trinajstić information content (AvgIpc) is 2.96. The largest absolute Gasteiger partial charge is 0.409 e. The van der Waals surface area contributed by atoms with Crippen LogP contribution in [0.25, 0.3) is 0 Å². The van der Waals surface area contributed by atoms with Gasteiger partial charge in [0.25, 0.3) is 0 Å². The third kappa shape index (κ3) is 2.12. The molecular formula is C14H16N4OS. The van der Waals surface area contributed by atoms with Gasteiger partial charge in [0, 0.05) is 23.3 Å². The van der Waals surface area contributed by atoms with Crippen LogP contribution in [0, 0.1) is 0 Å². The molecule has 0 fully saturated rings. The number of fused-ring (bicyclic) bond motifs is 1. The second-order valence-electron chi connectivity index (χ2n) is 4.80. The maximum absolute atomic E-state index is 8.75. The van der Waals surface area contributed by atoms with Gasteiger partial charge in [-0.1, -0.05) is 5.16 Å². The lowest BCUT2D eigenvalue weighted by Crippen LogP contribution is -2.33. The van der Waals surface area contributed by atoms with Gasteiger partial charge in [0.2, 0.25) is 0 Å². The second-order valence-corrected chi connectivity index (χ2v) is 5.80. The Morgan fingerprint density at radius 2 is 2.40 bits per heavy atom. The summed E-state index contributed by atoms with van der Waals surface area (Å²) in [7, 11) is 0. The maximum Gasteiger partial charge on any atom is 0.188 e. The molecule has 5 nitrogen and oxygen atoms in total. The summed E-state index contributed by atoms with van der Waals surface area (Å²) in [6.45, 7) is 3.17. The molecule has 0 aromatic carbocycles. The fourth-order valence-corrected chi connectivity index (χ4v) is 3.61. The number of hydrogen-bond donors (Lipinski definition) is 2. The first-order valence-corrected chi connectivity index (χ1v) is 7.35. The molecule has 0 radical (unpaired) electrons. The minimum absolute atomic E-state index is 0.0349. The third-order valence-electron chi connectivity index (χ3n) is 3.72. The molecule has 1 aliphatic heterocycles. The molecule has 3 heterocycles. The molecule has 1 unspecified atom stereocenters. The van der Waals surface area contributed by atoms with Gasteiger partial charge in [-0.2, -0.15) is 0 Å². The molecule has 3 N–H and O–H groups in total. The highest BCUT2D eigenvalue weighted by molar-refractivity contribution is 7.10. The van der Waals surface area contributed by atoms with Gasteiger partial charge in [0.05, 0.1) is 6.04 Å². The number of oxime groups is 1. The van der Waals surface area contributed by atoms with Crippen molar-refractivity contribution < 1.29 is 5.21 Å². The number of pyridine rings is 1. The predicted molar refractivity (Wildman–Crippen MR) is 80.5 cm³/mol. The summed E-state index contributed by atoms with van der Waals surface area (Å²) < 4.78 is 0. The van der Waals surface area contributed by atoms with Gasteiger partial charge >= 0.3 is 0 Å². The summed E-state index contributed by atoms with van der Waals surface area (Å²) in [5.74, 6) is 0.0349. The fourth-order valence-electron chi connectivity index (χ4n) is 2.65. The van der Waals surface area contributed by atoms with Crippen LogP contribution in [0.15, 0.2) is 34.9 Å². The summed E-state index contributed by atoms with van der Waals surface area (Å²) in [5, 5.41) is 13.9. The van der Waals surface area contributed by atoms with E-state index in [1.807, 2.05) is 23.5 Å². The van der Waals surface area contributed by atoms with E-state index in [0.29, 0.717) is 11.7 Å². The molecule has 0 bridgehead atoms. The van der Waals surface area contributed by atoms with Gasteiger partial charge in [-0.05, 0) is 42.5 Å². The van der Waals surface area contributed by atoms with E-state index >= 15 is 0 Å². The number of rotatable bonds is 2. The molecule has 104 valence electrons. The van der Waals surface area contributed by atoms with Gasteiger partial charge < -0.3 is 15.8 Å². The van der Waals surface area contributed by atoms with Crippen LogP contribution >= 0.6 is 11.3 Å². The number of aromatic nitrogens is 1. The van der Waals surface area contributed by atoms with Crippen LogP contribution in [0.5, 0.6) is 0 Å². The summed E-state index contributed by atoms with van der Waals surface area (Å²) in [5.41, 5.74) is 8.54. The van der Waals surface area contributed by atoms with Crippen LogP contribution in [-0.2, 0) is 6.42 Å². The number of nitrogens with two attached hydrogens (primary N) is 1. The van der Waals surface area contributed by atoms with E-state index in [9.17, 15) is 0 Å². The normalized spacial score (nSPS) is 18.9. The van der Waals surface area contributed by atoms with Crippen LogP contribution in [0.4, 0.5) is 5.69 Å². The second kappa shape index (κ2) is 5.13. The van der Waals surface area contributed by atoms with Gasteiger partial charge in [-0.15, -0.1) is 11.3 Å². The number of anilines is 1. The smallest absolute Gasteiger partial charge is 0.188 e. The standard InChI is InChI=1S/C14H16N4OS/c1-9-11-4-7-20-13(11)3-6-18(9)10-2-5-16-12(8-10)14(15)17-19/h2,4-5,7-9,19H,3,6H2,1H3,(H2,15,17). The van der Waals surface area contributed by atoms with Gasteiger partial charge in [-0.25, -0.2) is 0 Å². The summed E-state index contributed by atoms with van der Waals surface area (Å²) in [4.78, 5) is 7.92.